The number of amides is 2. The zero-order valence-electron chi connectivity index (χ0n) is 24.0. The maximum atomic E-state index is 13.3. The summed E-state index contributed by atoms with van der Waals surface area (Å²) in [4.78, 5) is 30.6. The highest BCUT2D eigenvalue weighted by molar-refractivity contribution is 5.98. The molecule has 1 heterocycles. The van der Waals surface area contributed by atoms with Gasteiger partial charge in [0.1, 0.15) is 0 Å². The number of nitrogens with one attached hydrogen (secondary N) is 1. The van der Waals surface area contributed by atoms with Crippen molar-refractivity contribution in [3.05, 3.63) is 83.4 Å². The molecule has 41 heavy (non-hydrogen) atoms. The molecule has 3 N–H and O–H groups in total. The van der Waals surface area contributed by atoms with Crippen LogP contribution in [0.3, 0.4) is 0 Å². The average Bonchev–Trinajstić information content (AvgIpc) is 3.89. The van der Waals surface area contributed by atoms with Gasteiger partial charge >= 0.3 is 0 Å². The Bertz CT molecular complexity index is 1390. The summed E-state index contributed by atoms with van der Waals surface area (Å²) in [6.07, 6.45) is 8.85. The van der Waals surface area contributed by atoms with Crippen molar-refractivity contribution in [2.75, 3.05) is 23.3 Å². The van der Waals surface area contributed by atoms with Gasteiger partial charge in [-0.2, -0.15) is 0 Å². The van der Waals surface area contributed by atoms with Gasteiger partial charge in [0, 0.05) is 44.6 Å². The van der Waals surface area contributed by atoms with Gasteiger partial charge in [0.2, 0.25) is 11.8 Å². The van der Waals surface area contributed by atoms with E-state index in [9.17, 15) is 9.59 Å². The minimum Gasteiger partial charge on any atom is -0.370 e. The minimum absolute atomic E-state index is 0.139. The minimum atomic E-state index is 0.139. The Hall–Kier alpha value is -3.64. The van der Waals surface area contributed by atoms with Gasteiger partial charge < -0.3 is 20.9 Å². The predicted octanol–water partition coefficient (Wildman–Crippen LogP) is 6.48. The molecule has 0 bridgehead atoms. The van der Waals surface area contributed by atoms with E-state index in [0.717, 1.165) is 78.0 Å². The molecule has 2 amide bonds. The molecule has 0 spiro atoms. The van der Waals surface area contributed by atoms with Crippen molar-refractivity contribution in [1.82, 2.24) is 4.90 Å². The van der Waals surface area contributed by atoms with Gasteiger partial charge in [-0.1, -0.05) is 61.4 Å². The first-order valence-corrected chi connectivity index (χ1v) is 15.4. The first-order valence-electron chi connectivity index (χ1n) is 15.4. The molecular weight excluding hydrogens is 508 g/mol. The van der Waals surface area contributed by atoms with Crippen LogP contribution in [0.4, 0.5) is 11.4 Å². The molecule has 0 atom stereocenters. The van der Waals surface area contributed by atoms with Crippen LogP contribution in [0.2, 0.25) is 0 Å². The molecule has 6 heteroatoms. The van der Waals surface area contributed by atoms with E-state index >= 15 is 0 Å². The standard InChI is InChI=1S/C35H42N4O2/c36-22-25-7-5-8-26(19-25)23-39(35(41)29-13-14-29)24-27-9-6-10-30(20-27)31-15-16-33(38-17-3-1-2-4-18-38)32(21-31)37-34(40)28-11-12-28/h5-10,15-16,19-21,28-29H,1-4,11-14,17-18,22-24,36H2,(H,37,40). The Labute approximate surface area is 243 Å². The topological polar surface area (TPSA) is 78.7 Å². The van der Waals surface area contributed by atoms with E-state index < -0.39 is 0 Å². The molecule has 2 saturated carbocycles. The van der Waals surface area contributed by atoms with E-state index in [2.05, 4.69) is 64.8 Å². The quantitative estimate of drug-likeness (QED) is 0.303. The van der Waals surface area contributed by atoms with Crippen LogP contribution < -0.4 is 16.0 Å². The van der Waals surface area contributed by atoms with E-state index in [1.807, 2.05) is 17.0 Å². The second kappa shape index (κ2) is 12.5. The van der Waals surface area contributed by atoms with Crippen LogP contribution in [0, 0.1) is 11.8 Å². The summed E-state index contributed by atoms with van der Waals surface area (Å²) >= 11 is 0. The van der Waals surface area contributed by atoms with E-state index in [1.54, 1.807) is 0 Å². The molecule has 0 radical (unpaired) electrons. The van der Waals surface area contributed by atoms with E-state index in [-0.39, 0.29) is 23.7 Å². The maximum absolute atomic E-state index is 13.3. The van der Waals surface area contributed by atoms with Gasteiger partial charge in [0.15, 0.2) is 0 Å². The van der Waals surface area contributed by atoms with E-state index in [1.165, 1.54) is 25.7 Å². The van der Waals surface area contributed by atoms with Crippen molar-refractivity contribution in [1.29, 1.82) is 0 Å². The Morgan fingerprint density at radius 2 is 1.39 bits per heavy atom. The van der Waals surface area contributed by atoms with Crippen LogP contribution >= 0.6 is 0 Å². The lowest BCUT2D eigenvalue weighted by atomic mass is 10.0. The van der Waals surface area contributed by atoms with Crippen LogP contribution in [0.5, 0.6) is 0 Å². The molecule has 1 saturated heterocycles. The highest BCUT2D eigenvalue weighted by Crippen LogP contribution is 2.37. The second-order valence-corrected chi connectivity index (χ2v) is 12.1. The van der Waals surface area contributed by atoms with Crippen molar-refractivity contribution in [3.63, 3.8) is 0 Å². The lowest BCUT2D eigenvalue weighted by Gasteiger charge is -2.26. The van der Waals surface area contributed by atoms with Crippen LogP contribution in [-0.4, -0.2) is 29.8 Å². The fourth-order valence-corrected chi connectivity index (χ4v) is 5.93. The third-order valence-corrected chi connectivity index (χ3v) is 8.62. The monoisotopic (exact) mass is 550 g/mol. The summed E-state index contributed by atoms with van der Waals surface area (Å²) in [5.41, 5.74) is 13.4. The highest BCUT2D eigenvalue weighted by Gasteiger charge is 2.33. The number of carbonyl (C=O) groups excluding carboxylic acids is 2. The molecule has 3 aliphatic rings. The highest BCUT2D eigenvalue weighted by atomic mass is 16.2. The second-order valence-electron chi connectivity index (χ2n) is 12.1. The van der Waals surface area contributed by atoms with Crippen molar-refractivity contribution in [2.45, 2.75) is 71.0 Å². The Balaban J connectivity index is 1.26. The van der Waals surface area contributed by atoms with E-state index in [0.29, 0.717) is 19.6 Å². The number of benzene rings is 3. The zero-order valence-corrected chi connectivity index (χ0v) is 24.0. The predicted molar refractivity (Wildman–Crippen MR) is 165 cm³/mol. The lowest BCUT2D eigenvalue weighted by molar-refractivity contribution is -0.133. The molecule has 214 valence electrons. The summed E-state index contributed by atoms with van der Waals surface area (Å²) in [6.45, 7) is 3.69. The van der Waals surface area contributed by atoms with Crippen LogP contribution in [0.25, 0.3) is 11.1 Å². The first-order chi connectivity index (χ1) is 20.1. The summed E-state index contributed by atoms with van der Waals surface area (Å²) in [6, 6.07) is 23.2. The van der Waals surface area contributed by atoms with Gasteiger partial charge in [-0.05, 0) is 84.5 Å². The summed E-state index contributed by atoms with van der Waals surface area (Å²) in [5, 5.41) is 3.28. The molecule has 1 aliphatic heterocycles. The van der Waals surface area contributed by atoms with Gasteiger partial charge in [-0.3, -0.25) is 9.59 Å². The number of anilines is 2. The Kier molecular flexibility index (Phi) is 8.38. The molecule has 3 fully saturated rings. The van der Waals surface area contributed by atoms with Gasteiger partial charge in [-0.15, -0.1) is 0 Å². The normalized spacial score (nSPS) is 17.1. The summed E-state index contributed by atoms with van der Waals surface area (Å²) < 4.78 is 0. The maximum Gasteiger partial charge on any atom is 0.227 e. The molecule has 0 unspecified atom stereocenters. The molecule has 6 nitrogen and oxygen atoms in total. The number of hydrogen-bond acceptors (Lipinski definition) is 4. The first kappa shape index (κ1) is 27.5. The molecule has 3 aromatic rings. The van der Waals surface area contributed by atoms with Gasteiger partial charge in [-0.25, -0.2) is 0 Å². The van der Waals surface area contributed by atoms with Crippen LogP contribution in [0.1, 0.15) is 68.1 Å². The van der Waals surface area contributed by atoms with Crippen LogP contribution in [0.15, 0.2) is 66.7 Å². The number of hydrogen-bond donors (Lipinski definition) is 2. The number of nitrogens with zero attached hydrogens (tertiary/aromatic N) is 2. The van der Waals surface area contributed by atoms with Gasteiger partial charge in [0.05, 0.1) is 11.4 Å². The summed E-state index contributed by atoms with van der Waals surface area (Å²) in [7, 11) is 0. The van der Waals surface area contributed by atoms with Crippen LogP contribution in [-0.2, 0) is 29.2 Å². The van der Waals surface area contributed by atoms with Crippen molar-refractivity contribution in [3.8, 4) is 11.1 Å². The fraction of sp³-hybridized carbons (Fsp3) is 0.429. The molecular formula is C35H42N4O2. The average molecular weight is 551 g/mol. The summed E-state index contributed by atoms with van der Waals surface area (Å²) in [5.74, 6) is 0.680. The number of rotatable bonds is 10. The van der Waals surface area contributed by atoms with Crippen molar-refractivity contribution in [2.24, 2.45) is 17.6 Å². The zero-order chi connectivity index (χ0) is 28.2. The Morgan fingerprint density at radius 3 is 2.07 bits per heavy atom. The van der Waals surface area contributed by atoms with E-state index in [4.69, 9.17) is 5.73 Å². The third kappa shape index (κ3) is 6.99. The van der Waals surface area contributed by atoms with Crippen molar-refractivity contribution >= 4 is 23.2 Å². The largest absolute Gasteiger partial charge is 0.370 e. The third-order valence-electron chi connectivity index (χ3n) is 8.62. The molecule has 3 aromatic carbocycles. The Morgan fingerprint density at radius 1 is 0.756 bits per heavy atom. The van der Waals surface area contributed by atoms with Crippen molar-refractivity contribution < 1.29 is 9.59 Å². The van der Waals surface area contributed by atoms with Gasteiger partial charge in [0.25, 0.3) is 0 Å². The number of nitrogens with two attached hydrogens (primary N) is 1. The smallest absolute Gasteiger partial charge is 0.227 e. The molecule has 6 rings (SSSR count). The lowest BCUT2D eigenvalue weighted by Crippen LogP contribution is -2.31. The molecule has 2 aliphatic carbocycles. The number of carbonyl (C=O) groups is 2. The molecule has 0 aromatic heterocycles. The fourth-order valence-electron chi connectivity index (χ4n) is 5.93. The SMILES string of the molecule is NCc1cccc(CN(Cc2cccc(-c3ccc(N4CCCCCC4)c(NC(=O)C4CC4)c3)c2)C(=O)C2CC2)c1.